The maximum atomic E-state index is 9.06. The van der Waals surface area contributed by atoms with Crippen molar-refractivity contribution in [2.75, 3.05) is 24.3 Å². The van der Waals surface area contributed by atoms with Crippen LogP contribution in [0.3, 0.4) is 0 Å². The van der Waals surface area contributed by atoms with E-state index in [1.807, 2.05) is 25.1 Å². The molecule has 5 rings (SSSR count). The highest BCUT2D eigenvalue weighted by atomic mass is 16.5. The van der Waals surface area contributed by atoms with Gasteiger partial charge in [0.05, 0.1) is 13.2 Å². The van der Waals surface area contributed by atoms with Gasteiger partial charge in [-0.05, 0) is 44.7 Å². The first kappa shape index (κ1) is 21.5. The number of aryl methyl sites for hydroxylation is 1. The lowest BCUT2D eigenvalue weighted by Crippen LogP contribution is -2.55. The number of fused-ring (bicyclic) bond motifs is 3. The van der Waals surface area contributed by atoms with Crippen molar-refractivity contribution in [3.05, 3.63) is 30.1 Å². The quantitative estimate of drug-likeness (QED) is 0.496. The molecule has 9 nitrogen and oxygen atoms in total. The van der Waals surface area contributed by atoms with Gasteiger partial charge in [-0.25, -0.2) is 4.98 Å². The number of H-pyrrole nitrogens is 1. The first-order valence-electron chi connectivity index (χ1n) is 11.7. The number of anilines is 3. The minimum atomic E-state index is 0.323. The Morgan fingerprint density at radius 1 is 1.27 bits per heavy atom. The van der Waals surface area contributed by atoms with Crippen LogP contribution in [-0.4, -0.2) is 56.8 Å². The van der Waals surface area contributed by atoms with E-state index in [9.17, 15) is 0 Å². The Labute approximate surface area is 193 Å². The Balaban J connectivity index is 1.45. The van der Waals surface area contributed by atoms with Gasteiger partial charge < -0.3 is 15.4 Å². The van der Waals surface area contributed by atoms with E-state index in [4.69, 9.17) is 15.0 Å². The average Bonchev–Trinajstić information content (AvgIpc) is 3.22. The molecule has 0 amide bonds. The second-order valence-corrected chi connectivity index (χ2v) is 9.00. The van der Waals surface area contributed by atoms with Gasteiger partial charge in [-0.15, -0.1) is 0 Å². The summed E-state index contributed by atoms with van der Waals surface area (Å²) < 4.78 is 5.71. The van der Waals surface area contributed by atoms with Gasteiger partial charge in [0.15, 0.2) is 17.4 Å². The minimum absolute atomic E-state index is 0.323. The molecule has 9 heteroatoms. The third-order valence-electron chi connectivity index (χ3n) is 6.82. The van der Waals surface area contributed by atoms with E-state index in [-0.39, 0.29) is 0 Å². The minimum Gasteiger partial charge on any atom is -0.491 e. The molecule has 3 aromatic heterocycles. The number of hydrogen-bond donors (Lipinski definition) is 3. The van der Waals surface area contributed by atoms with E-state index in [0.29, 0.717) is 41.9 Å². The Bertz CT molecular complexity index is 1150. The van der Waals surface area contributed by atoms with Crippen LogP contribution in [0.4, 0.5) is 17.5 Å². The first-order chi connectivity index (χ1) is 16.2. The van der Waals surface area contributed by atoms with Crippen molar-refractivity contribution in [3.63, 3.8) is 0 Å². The maximum absolute atomic E-state index is 9.06. The highest BCUT2D eigenvalue weighted by Gasteiger charge is 2.38. The van der Waals surface area contributed by atoms with Crippen LogP contribution in [0.5, 0.6) is 5.75 Å². The molecule has 2 aliphatic heterocycles. The Morgan fingerprint density at radius 3 is 2.79 bits per heavy atom. The molecule has 33 heavy (non-hydrogen) atoms. The number of nitriles is 1. The number of aromatic nitrogens is 4. The maximum Gasteiger partial charge on any atom is 0.188 e. The van der Waals surface area contributed by atoms with E-state index in [1.54, 1.807) is 13.3 Å². The normalized spacial score (nSPS) is 22.6. The molecule has 0 aromatic carbocycles. The number of hydrogen-bond acceptors (Lipinski definition) is 8. The van der Waals surface area contributed by atoms with Gasteiger partial charge >= 0.3 is 0 Å². The standard InChI is InChI=1S/C24H30N8O/c1-15-12-20(31-30-15)28-24-22(33-2)21-19(8-4-10-26-21)23(29-24)27-16-13-17-6-3-7-18(14-16)32(17)11-5-9-25/h4,8,10,12,16-18H,3,5-7,11,13-14H2,1-2H3,(H3,27,28,29,30,31)/t16-,17-,18+. The molecule has 2 fully saturated rings. The van der Waals surface area contributed by atoms with Gasteiger partial charge in [0.25, 0.3) is 0 Å². The van der Waals surface area contributed by atoms with E-state index >= 15 is 0 Å². The van der Waals surface area contributed by atoms with E-state index < -0.39 is 0 Å². The van der Waals surface area contributed by atoms with Gasteiger partial charge in [-0.1, -0.05) is 6.42 Å². The first-order valence-corrected chi connectivity index (χ1v) is 11.7. The summed E-state index contributed by atoms with van der Waals surface area (Å²) >= 11 is 0. The van der Waals surface area contributed by atoms with Crippen LogP contribution in [-0.2, 0) is 0 Å². The molecule has 172 valence electrons. The lowest BCUT2D eigenvalue weighted by molar-refractivity contribution is 0.0370. The molecule has 0 unspecified atom stereocenters. The van der Waals surface area contributed by atoms with Crippen LogP contribution in [0.25, 0.3) is 10.9 Å². The summed E-state index contributed by atoms with van der Waals surface area (Å²) in [4.78, 5) is 12.1. The van der Waals surface area contributed by atoms with Crippen LogP contribution < -0.4 is 15.4 Å². The molecule has 2 bridgehead atoms. The lowest BCUT2D eigenvalue weighted by atomic mass is 9.81. The fraction of sp³-hybridized carbons (Fsp3) is 0.500. The molecule has 0 aliphatic carbocycles. The van der Waals surface area contributed by atoms with E-state index in [0.717, 1.165) is 41.8 Å². The zero-order valence-electron chi connectivity index (χ0n) is 19.1. The third-order valence-corrected chi connectivity index (χ3v) is 6.82. The van der Waals surface area contributed by atoms with Crippen LogP contribution >= 0.6 is 0 Å². The number of nitrogens with one attached hydrogen (secondary N) is 3. The summed E-state index contributed by atoms with van der Waals surface area (Å²) in [6.45, 7) is 2.83. The largest absolute Gasteiger partial charge is 0.491 e. The molecule has 2 aliphatic rings. The summed E-state index contributed by atoms with van der Waals surface area (Å²) in [6.07, 6.45) is 8.15. The predicted molar refractivity (Wildman–Crippen MR) is 128 cm³/mol. The Morgan fingerprint density at radius 2 is 2.09 bits per heavy atom. The van der Waals surface area contributed by atoms with Crippen molar-refractivity contribution in [1.82, 2.24) is 25.1 Å². The SMILES string of the molecule is COc1c(Nc2cc(C)[nH]n2)nc(N[C@@H]2C[C@H]3CCC[C@@H](C2)N3CCC#N)c2cccnc12. The van der Waals surface area contributed by atoms with Gasteiger partial charge in [-0.3, -0.25) is 15.0 Å². The van der Waals surface area contributed by atoms with Crippen molar-refractivity contribution < 1.29 is 4.74 Å². The van der Waals surface area contributed by atoms with E-state index in [2.05, 4.69) is 36.8 Å². The zero-order valence-corrected chi connectivity index (χ0v) is 19.1. The van der Waals surface area contributed by atoms with E-state index in [1.165, 1.54) is 19.3 Å². The zero-order chi connectivity index (χ0) is 22.8. The molecule has 0 radical (unpaired) electrons. The molecule has 0 spiro atoms. The van der Waals surface area contributed by atoms with Gasteiger partial charge in [-0.2, -0.15) is 10.4 Å². The predicted octanol–water partition coefficient (Wildman–Crippen LogP) is 4.12. The fourth-order valence-corrected chi connectivity index (χ4v) is 5.44. The van der Waals surface area contributed by atoms with Gasteiger partial charge in [0.1, 0.15) is 11.3 Å². The highest BCUT2D eigenvalue weighted by Crippen LogP contribution is 2.39. The highest BCUT2D eigenvalue weighted by molar-refractivity contribution is 5.97. The molecule has 3 aromatic rings. The number of pyridine rings is 2. The van der Waals surface area contributed by atoms with Crippen molar-refractivity contribution in [3.8, 4) is 11.8 Å². The number of rotatable bonds is 7. The van der Waals surface area contributed by atoms with Crippen LogP contribution in [0, 0.1) is 18.3 Å². The monoisotopic (exact) mass is 446 g/mol. The molecule has 5 heterocycles. The summed E-state index contributed by atoms with van der Waals surface area (Å²) in [5.74, 6) is 2.67. The van der Waals surface area contributed by atoms with Crippen LogP contribution in [0.1, 0.15) is 44.2 Å². The number of ether oxygens (including phenoxy) is 1. The number of piperidine rings is 2. The Kier molecular flexibility index (Phi) is 6.01. The smallest absolute Gasteiger partial charge is 0.188 e. The summed E-state index contributed by atoms with van der Waals surface area (Å²) in [5, 5.41) is 24.3. The molecular formula is C24H30N8O. The van der Waals surface area contributed by atoms with Crippen LogP contribution in [0.15, 0.2) is 24.4 Å². The molecule has 3 atom stereocenters. The molecule has 0 saturated carbocycles. The molecule has 3 N–H and O–H groups in total. The van der Waals surface area contributed by atoms with Gasteiger partial charge in [0, 0.05) is 54.4 Å². The number of nitrogens with zero attached hydrogens (tertiary/aromatic N) is 5. The third kappa shape index (κ3) is 4.31. The molecule has 2 saturated heterocycles. The van der Waals surface area contributed by atoms with Crippen molar-refractivity contribution in [2.45, 2.75) is 63.6 Å². The van der Waals surface area contributed by atoms with Crippen LogP contribution in [0.2, 0.25) is 0 Å². The number of methoxy groups -OCH3 is 1. The fourth-order valence-electron chi connectivity index (χ4n) is 5.44. The summed E-state index contributed by atoms with van der Waals surface area (Å²) in [5.41, 5.74) is 1.72. The average molecular weight is 447 g/mol. The van der Waals surface area contributed by atoms with Crippen molar-refractivity contribution in [2.24, 2.45) is 0 Å². The lowest BCUT2D eigenvalue weighted by Gasteiger charge is -2.49. The summed E-state index contributed by atoms with van der Waals surface area (Å²) in [6, 6.07) is 9.57. The molecular weight excluding hydrogens is 416 g/mol. The van der Waals surface area contributed by atoms with Crippen molar-refractivity contribution >= 4 is 28.4 Å². The van der Waals surface area contributed by atoms with Crippen molar-refractivity contribution in [1.29, 1.82) is 5.26 Å². The Hall–Kier alpha value is -3.38. The van der Waals surface area contributed by atoms with Gasteiger partial charge in [0.2, 0.25) is 0 Å². The summed E-state index contributed by atoms with van der Waals surface area (Å²) in [7, 11) is 1.64. The number of aromatic amines is 1. The topological polar surface area (TPSA) is 115 Å². The second-order valence-electron chi connectivity index (χ2n) is 9.00. The second kappa shape index (κ2) is 9.24.